The highest BCUT2D eigenvalue weighted by atomic mass is 16.5. The fourth-order valence-corrected chi connectivity index (χ4v) is 3.35. The molecule has 0 bridgehead atoms. The molecule has 1 aromatic heterocycles. The molecule has 0 aliphatic rings. The Morgan fingerprint density at radius 1 is 0.853 bits per heavy atom. The van der Waals surface area contributed by atoms with Crippen molar-refractivity contribution in [1.29, 1.82) is 0 Å². The third-order valence-electron chi connectivity index (χ3n) is 4.72. The predicted molar refractivity (Wildman–Crippen MR) is 125 cm³/mol. The van der Waals surface area contributed by atoms with Crippen molar-refractivity contribution in [3.05, 3.63) is 64.0 Å². The number of carbonyl (C=O) groups excluding carboxylic acids is 3. The van der Waals surface area contributed by atoms with Crippen LogP contribution in [0.5, 0.6) is 17.2 Å². The van der Waals surface area contributed by atoms with Gasteiger partial charge in [-0.15, -0.1) is 0 Å². The second-order valence-electron chi connectivity index (χ2n) is 7.82. The van der Waals surface area contributed by atoms with Gasteiger partial charge in [0, 0.05) is 32.4 Å². The zero-order valence-electron chi connectivity index (χ0n) is 19.5. The summed E-state index contributed by atoms with van der Waals surface area (Å²) >= 11 is 0. The Bertz CT molecular complexity index is 1360. The van der Waals surface area contributed by atoms with Gasteiger partial charge < -0.3 is 18.6 Å². The third kappa shape index (κ3) is 5.58. The Hall–Kier alpha value is -4.20. The maximum Gasteiger partial charge on any atom is 0.308 e. The van der Waals surface area contributed by atoms with E-state index < -0.39 is 23.3 Å². The van der Waals surface area contributed by atoms with E-state index in [4.69, 9.17) is 18.6 Å². The maximum absolute atomic E-state index is 13.6. The van der Waals surface area contributed by atoms with Crippen LogP contribution in [-0.2, 0) is 20.8 Å². The first kappa shape index (κ1) is 24.4. The van der Waals surface area contributed by atoms with Crippen molar-refractivity contribution < 1.29 is 33.0 Å². The van der Waals surface area contributed by atoms with Crippen LogP contribution in [-0.4, -0.2) is 17.9 Å². The minimum Gasteiger partial charge on any atom is -0.463 e. The van der Waals surface area contributed by atoms with Gasteiger partial charge in [-0.25, -0.2) is 0 Å². The van der Waals surface area contributed by atoms with E-state index in [0.717, 1.165) is 5.57 Å². The second-order valence-corrected chi connectivity index (χ2v) is 7.82. The second kappa shape index (κ2) is 10.2. The molecule has 0 fully saturated rings. The van der Waals surface area contributed by atoms with Gasteiger partial charge in [0.1, 0.15) is 34.5 Å². The van der Waals surface area contributed by atoms with E-state index in [2.05, 4.69) is 0 Å². The van der Waals surface area contributed by atoms with Crippen LogP contribution in [0, 0.1) is 0 Å². The first-order chi connectivity index (χ1) is 16.1. The van der Waals surface area contributed by atoms with E-state index in [0.29, 0.717) is 23.3 Å². The van der Waals surface area contributed by atoms with Crippen molar-refractivity contribution >= 4 is 28.9 Å². The van der Waals surface area contributed by atoms with Crippen molar-refractivity contribution in [3.8, 4) is 28.4 Å². The molecule has 8 nitrogen and oxygen atoms in total. The molecule has 34 heavy (non-hydrogen) atoms. The molecular formula is C26H24O8. The average Bonchev–Trinajstić information content (AvgIpc) is 2.72. The molecule has 3 rings (SSSR count). The highest BCUT2D eigenvalue weighted by Crippen LogP contribution is 2.37. The van der Waals surface area contributed by atoms with Crippen molar-refractivity contribution in [1.82, 2.24) is 0 Å². The highest BCUT2D eigenvalue weighted by Gasteiger charge is 2.22. The normalized spacial score (nSPS) is 10.5. The predicted octanol–water partition coefficient (Wildman–Crippen LogP) is 4.74. The number of benzene rings is 2. The number of esters is 3. The van der Waals surface area contributed by atoms with E-state index in [9.17, 15) is 19.2 Å². The Balaban J connectivity index is 2.28. The molecular weight excluding hydrogens is 440 g/mol. The zero-order chi connectivity index (χ0) is 25.0. The first-order valence-electron chi connectivity index (χ1n) is 10.5. The molecule has 176 valence electrons. The molecule has 8 heteroatoms. The summed E-state index contributed by atoms with van der Waals surface area (Å²) in [5.74, 6) is -1.29. The molecule has 1 heterocycles. The van der Waals surface area contributed by atoms with Gasteiger partial charge in [-0.1, -0.05) is 23.8 Å². The monoisotopic (exact) mass is 464 g/mol. The van der Waals surface area contributed by atoms with Crippen LogP contribution in [0.15, 0.2) is 57.5 Å². The van der Waals surface area contributed by atoms with Crippen LogP contribution in [0.3, 0.4) is 0 Å². The fraction of sp³-hybridized carbons (Fsp3) is 0.231. The van der Waals surface area contributed by atoms with Crippen molar-refractivity contribution in [2.45, 2.75) is 41.0 Å². The molecule has 0 amide bonds. The summed E-state index contributed by atoms with van der Waals surface area (Å²) in [6.45, 7) is 7.56. The summed E-state index contributed by atoms with van der Waals surface area (Å²) in [5, 5.41) is 0.0461. The van der Waals surface area contributed by atoms with E-state index in [1.165, 1.54) is 33.1 Å². The lowest BCUT2D eigenvalue weighted by Crippen LogP contribution is -2.12. The third-order valence-corrected chi connectivity index (χ3v) is 4.72. The lowest BCUT2D eigenvalue weighted by atomic mass is 10.0. The van der Waals surface area contributed by atoms with Crippen molar-refractivity contribution in [2.75, 3.05) is 0 Å². The number of allylic oxidation sites excluding steroid dienone is 2. The van der Waals surface area contributed by atoms with Crippen molar-refractivity contribution in [2.24, 2.45) is 0 Å². The number of hydrogen-bond donors (Lipinski definition) is 0. The van der Waals surface area contributed by atoms with Gasteiger partial charge in [-0.2, -0.15) is 0 Å². The van der Waals surface area contributed by atoms with Gasteiger partial charge in [0.15, 0.2) is 0 Å². The molecule has 0 aliphatic heterocycles. The largest absolute Gasteiger partial charge is 0.463 e. The maximum atomic E-state index is 13.6. The first-order valence-corrected chi connectivity index (χ1v) is 10.5. The number of hydrogen-bond acceptors (Lipinski definition) is 8. The van der Waals surface area contributed by atoms with Crippen LogP contribution in [0.25, 0.3) is 22.1 Å². The van der Waals surface area contributed by atoms with Crippen molar-refractivity contribution in [3.63, 3.8) is 0 Å². The zero-order valence-corrected chi connectivity index (χ0v) is 19.5. The van der Waals surface area contributed by atoms with Gasteiger partial charge in [0.25, 0.3) is 0 Å². The number of fused-ring (bicyclic) bond motifs is 1. The van der Waals surface area contributed by atoms with E-state index in [-0.39, 0.29) is 28.0 Å². The van der Waals surface area contributed by atoms with Gasteiger partial charge in [-0.3, -0.25) is 19.2 Å². The van der Waals surface area contributed by atoms with Gasteiger partial charge in [-0.05, 0) is 38.0 Å². The number of carbonyl (C=O) groups is 3. The Kier molecular flexibility index (Phi) is 7.31. The molecule has 2 aromatic carbocycles. The standard InChI is InChI=1S/C26H24O8/c1-14(2)6-11-20-22(33-16(4)28)12-23(34-17(5)29)24-25(30)21(13-31-26(20)24)18-7-9-19(10-8-18)32-15(3)27/h6-10,12-13H,11H2,1-5H3. The van der Waals surface area contributed by atoms with Gasteiger partial charge in [0.2, 0.25) is 5.43 Å². The lowest BCUT2D eigenvalue weighted by Gasteiger charge is -2.14. The number of ether oxygens (including phenoxy) is 3. The molecule has 0 radical (unpaired) electrons. The Morgan fingerprint density at radius 3 is 2.00 bits per heavy atom. The summed E-state index contributed by atoms with van der Waals surface area (Å²) in [7, 11) is 0. The van der Waals surface area contributed by atoms with E-state index >= 15 is 0 Å². The SMILES string of the molecule is CC(=O)Oc1ccc(-c2coc3c(CC=C(C)C)c(OC(C)=O)cc(OC(C)=O)c3c2=O)cc1. The smallest absolute Gasteiger partial charge is 0.308 e. The molecule has 0 atom stereocenters. The molecule has 0 saturated carbocycles. The molecule has 0 N–H and O–H groups in total. The van der Waals surface area contributed by atoms with Gasteiger partial charge in [0.05, 0.1) is 5.56 Å². The van der Waals surface area contributed by atoms with Crippen LogP contribution in [0.2, 0.25) is 0 Å². The Morgan fingerprint density at radius 2 is 1.44 bits per heavy atom. The van der Waals surface area contributed by atoms with Crippen LogP contribution < -0.4 is 19.6 Å². The Labute approximate surface area is 195 Å². The van der Waals surface area contributed by atoms with E-state index in [1.807, 2.05) is 19.9 Å². The summed E-state index contributed by atoms with van der Waals surface area (Å²) < 4.78 is 21.6. The minimum absolute atomic E-state index is 0.0461. The minimum atomic E-state index is -0.650. The summed E-state index contributed by atoms with van der Waals surface area (Å²) in [5.41, 5.74) is 1.91. The number of rotatable bonds is 6. The quantitative estimate of drug-likeness (QED) is 0.292. The topological polar surface area (TPSA) is 109 Å². The van der Waals surface area contributed by atoms with Crippen LogP contribution in [0.4, 0.5) is 0 Å². The van der Waals surface area contributed by atoms with E-state index in [1.54, 1.807) is 24.3 Å². The highest BCUT2D eigenvalue weighted by molar-refractivity contribution is 5.93. The molecule has 0 saturated heterocycles. The molecule has 3 aromatic rings. The molecule has 0 aliphatic carbocycles. The summed E-state index contributed by atoms with van der Waals surface area (Å²) in [6, 6.07) is 7.68. The lowest BCUT2D eigenvalue weighted by molar-refractivity contribution is -0.133. The fourth-order valence-electron chi connectivity index (χ4n) is 3.35. The van der Waals surface area contributed by atoms with Crippen LogP contribution in [0.1, 0.15) is 40.2 Å². The molecule has 0 spiro atoms. The summed E-state index contributed by atoms with van der Waals surface area (Å²) in [6.07, 6.45) is 3.52. The average molecular weight is 464 g/mol. The van der Waals surface area contributed by atoms with Gasteiger partial charge >= 0.3 is 17.9 Å². The summed E-state index contributed by atoms with van der Waals surface area (Å²) in [4.78, 5) is 48.2. The molecule has 0 unspecified atom stereocenters. The van der Waals surface area contributed by atoms with Crippen LogP contribution >= 0.6 is 0 Å².